The predicted molar refractivity (Wildman–Crippen MR) is 135 cm³/mol. The number of nitrogens with one attached hydrogen (secondary N) is 1. The van der Waals surface area contributed by atoms with Crippen molar-refractivity contribution in [2.75, 3.05) is 13.2 Å². The van der Waals surface area contributed by atoms with Gasteiger partial charge in [0, 0.05) is 18.3 Å². The standard InChI is InChI=1S/C29H38N2O4/c1-19-16-30-26(31-19)25(34)13-22-5-4-21(12-24(22)20-6-8-27(2,3)9-7-20)23-14-28(17-32)10-11-29(15-23,18-33)35-28/h4-6,12,16,23,32-33H,7-11,13-15,17-18H2,1-3H3,(H,30,31)/t23?,28-,29+. The second kappa shape index (κ2) is 8.99. The van der Waals surface area contributed by atoms with E-state index in [1.54, 1.807) is 6.20 Å². The molecule has 2 aromatic rings. The van der Waals surface area contributed by atoms with E-state index in [9.17, 15) is 15.0 Å². The van der Waals surface area contributed by atoms with Gasteiger partial charge in [-0.3, -0.25) is 4.79 Å². The Bertz CT molecular complexity index is 1130. The number of hydrogen-bond donors (Lipinski definition) is 3. The van der Waals surface area contributed by atoms with Crippen LogP contribution in [-0.2, 0) is 11.2 Å². The lowest BCUT2D eigenvalue weighted by molar-refractivity contribution is -0.177. The van der Waals surface area contributed by atoms with Crippen molar-refractivity contribution >= 4 is 11.4 Å². The molecule has 3 heterocycles. The summed E-state index contributed by atoms with van der Waals surface area (Å²) in [6.45, 7) is 6.47. The van der Waals surface area contributed by atoms with Gasteiger partial charge in [-0.2, -0.15) is 0 Å². The number of ketones is 1. The lowest BCUT2D eigenvalue weighted by atomic mass is 9.75. The molecule has 2 aliphatic heterocycles. The van der Waals surface area contributed by atoms with Crippen LogP contribution in [0.25, 0.3) is 5.57 Å². The van der Waals surface area contributed by atoms with Crippen LogP contribution in [0.1, 0.15) is 97.7 Å². The fourth-order valence-electron chi connectivity index (χ4n) is 6.30. The molecule has 0 amide bonds. The van der Waals surface area contributed by atoms with Crippen LogP contribution < -0.4 is 0 Å². The molecule has 2 bridgehead atoms. The molecule has 188 valence electrons. The highest BCUT2D eigenvalue weighted by Crippen LogP contribution is 2.53. The molecule has 1 aromatic heterocycles. The largest absolute Gasteiger partial charge is 0.393 e. The molecular weight excluding hydrogens is 440 g/mol. The number of carbonyl (C=O) groups is 1. The predicted octanol–water partition coefficient (Wildman–Crippen LogP) is 4.89. The number of carbonyl (C=O) groups excluding carboxylic acids is 1. The van der Waals surface area contributed by atoms with Crippen molar-refractivity contribution in [1.82, 2.24) is 9.97 Å². The number of aromatic amines is 1. The van der Waals surface area contributed by atoms with E-state index in [1.165, 1.54) is 11.1 Å². The van der Waals surface area contributed by atoms with Gasteiger partial charge in [0.1, 0.15) is 0 Å². The Morgan fingerprint density at radius 2 is 1.86 bits per heavy atom. The number of aromatic nitrogens is 2. The maximum absolute atomic E-state index is 13.0. The fraction of sp³-hybridized carbons (Fsp3) is 0.586. The van der Waals surface area contributed by atoms with Crippen LogP contribution >= 0.6 is 0 Å². The maximum Gasteiger partial charge on any atom is 0.202 e. The summed E-state index contributed by atoms with van der Waals surface area (Å²) >= 11 is 0. The third-order valence-electron chi connectivity index (χ3n) is 8.52. The van der Waals surface area contributed by atoms with Crippen molar-refractivity contribution < 1.29 is 19.7 Å². The Kier molecular flexibility index (Phi) is 6.27. The SMILES string of the molecule is Cc1cnc(C(=O)Cc2ccc(C3C[C@]4(CO)CC[C@](CO)(C3)O4)cc2C2=CCC(C)(C)CC2)[nH]1. The average molecular weight is 479 g/mol. The molecule has 6 heteroatoms. The van der Waals surface area contributed by atoms with E-state index in [0.717, 1.165) is 61.8 Å². The molecule has 0 saturated carbocycles. The van der Waals surface area contributed by atoms with Crippen LogP contribution in [0, 0.1) is 12.3 Å². The maximum atomic E-state index is 13.0. The zero-order valence-corrected chi connectivity index (χ0v) is 21.2. The molecule has 1 aliphatic carbocycles. The number of aliphatic hydroxyl groups is 2. The van der Waals surface area contributed by atoms with Crippen molar-refractivity contribution in [2.24, 2.45) is 5.41 Å². The monoisotopic (exact) mass is 478 g/mol. The minimum atomic E-state index is -0.564. The van der Waals surface area contributed by atoms with Crippen LogP contribution in [0.4, 0.5) is 0 Å². The number of H-pyrrole nitrogens is 1. The van der Waals surface area contributed by atoms with Crippen molar-refractivity contribution in [3.63, 3.8) is 0 Å². The number of Topliss-reactive ketones (excluding diaryl/α,β-unsaturated/α-hetero) is 1. The molecule has 0 spiro atoms. The van der Waals surface area contributed by atoms with Gasteiger partial charge >= 0.3 is 0 Å². The van der Waals surface area contributed by atoms with Crippen LogP contribution in [0.15, 0.2) is 30.5 Å². The van der Waals surface area contributed by atoms with E-state index >= 15 is 0 Å². The third kappa shape index (κ3) is 4.76. The summed E-state index contributed by atoms with van der Waals surface area (Å²) in [6.07, 6.45) is 10.5. The number of fused-ring (bicyclic) bond motifs is 2. The Hall–Kier alpha value is -2.28. The minimum absolute atomic E-state index is 0.00795. The van der Waals surface area contributed by atoms with Crippen molar-refractivity contribution in [2.45, 2.75) is 89.3 Å². The van der Waals surface area contributed by atoms with E-state index in [0.29, 0.717) is 17.7 Å². The average Bonchev–Trinajstić information content (AvgIpc) is 3.40. The summed E-state index contributed by atoms with van der Waals surface area (Å²) in [5.41, 5.74) is 4.75. The molecular formula is C29H38N2O4. The number of ether oxygens (including phenoxy) is 1. The first-order chi connectivity index (χ1) is 16.7. The molecule has 35 heavy (non-hydrogen) atoms. The Labute approximate surface area is 207 Å². The number of hydrogen-bond acceptors (Lipinski definition) is 5. The Morgan fingerprint density at radius 3 is 2.43 bits per heavy atom. The van der Waals surface area contributed by atoms with E-state index in [-0.39, 0.29) is 24.9 Å². The lowest BCUT2D eigenvalue weighted by Crippen LogP contribution is -2.47. The third-order valence-corrected chi connectivity index (χ3v) is 8.52. The van der Waals surface area contributed by atoms with E-state index in [4.69, 9.17) is 4.74 Å². The van der Waals surface area contributed by atoms with Gasteiger partial charge in [-0.15, -0.1) is 0 Å². The van der Waals surface area contributed by atoms with Crippen LogP contribution in [0.2, 0.25) is 0 Å². The highest BCUT2D eigenvalue weighted by molar-refractivity contribution is 5.95. The summed E-state index contributed by atoms with van der Waals surface area (Å²) in [4.78, 5) is 20.3. The smallest absolute Gasteiger partial charge is 0.202 e. The van der Waals surface area contributed by atoms with Gasteiger partial charge < -0.3 is 19.9 Å². The molecule has 0 radical (unpaired) electrons. The second-order valence-corrected chi connectivity index (χ2v) is 11.9. The molecule has 1 aromatic carbocycles. The molecule has 3 aliphatic rings. The molecule has 3 atom stereocenters. The summed E-state index contributed by atoms with van der Waals surface area (Å²) in [5.74, 6) is 0.598. The molecule has 2 saturated heterocycles. The Balaban J connectivity index is 1.49. The van der Waals surface area contributed by atoms with Crippen molar-refractivity contribution in [3.8, 4) is 0 Å². The summed E-state index contributed by atoms with van der Waals surface area (Å²) < 4.78 is 6.25. The first-order valence-corrected chi connectivity index (χ1v) is 12.9. The normalized spacial score (nSPS) is 29.7. The molecule has 2 fully saturated rings. The van der Waals surface area contributed by atoms with Gasteiger partial charge in [0.2, 0.25) is 5.78 Å². The number of nitrogens with zero attached hydrogens (tertiary/aromatic N) is 1. The molecule has 5 rings (SSSR count). The zero-order valence-electron chi connectivity index (χ0n) is 21.2. The van der Waals surface area contributed by atoms with Crippen molar-refractivity contribution in [3.05, 3.63) is 58.7 Å². The second-order valence-electron chi connectivity index (χ2n) is 11.9. The van der Waals surface area contributed by atoms with Crippen molar-refractivity contribution in [1.29, 1.82) is 0 Å². The van der Waals surface area contributed by atoms with Crippen LogP contribution in [0.3, 0.4) is 0 Å². The van der Waals surface area contributed by atoms with Gasteiger partial charge in [0.25, 0.3) is 0 Å². The first-order valence-electron chi connectivity index (χ1n) is 12.9. The number of aryl methyl sites for hydroxylation is 1. The van der Waals surface area contributed by atoms with Gasteiger partial charge in [0.15, 0.2) is 5.82 Å². The molecule has 1 unspecified atom stereocenters. The van der Waals surface area contributed by atoms with E-state index < -0.39 is 11.2 Å². The number of benzene rings is 1. The van der Waals surface area contributed by atoms with Crippen LogP contribution in [0.5, 0.6) is 0 Å². The van der Waals surface area contributed by atoms with Gasteiger partial charge in [0.05, 0.1) is 24.4 Å². The topological polar surface area (TPSA) is 95.4 Å². The van der Waals surface area contributed by atoms with Gasteiger partial charge in [-0.25, -0.2) is 4.98 Å². The lowest BCUT2D eigenvalue weighted by Gasteiger charge is -2.43. The Morgan fingerprint density at radius 1 is 1.14 bits per heavy atom. The van der Waals surface area contributed by atoms with Gasteiger partial charge in [-0.05, 0) is 85.5 Å². The summed E-state index contributed by atoms with van der Waals surface area (Å²) in [6, 6.07) is 6.51. The summed E-state index contributed by atoms with van der Waals surface area (Å²) in [5, 5.41) is 20.3. The fourth-order valence-corrected chi connectivity index (χ4v) is 6.30. The number of allylic oxidation sites excluding steroid dienone is 2. The van der Waals surface area contributed by atoms with E-state index in [2.05, 4.69) is 48.1 Å². The number of rotatable bonds is 7. The highest BCUT2D eigenvalue weighted by atomic mass is 16.6. The van der Waals surface area contributed by atoms with Crippen LogP contribution in [-0.4, -0.2) is 50.4 Å². The quantitative estimate of drug-likeness (QED) is 0.493. The molecule has 3 N–H and O–H groups in total. The summed E-state index contributed by atoms with van der Waals surface area (Å²) in [7, 11) is 0. The number of imidazole rings is 1. The highest BCUT2D eigenvalue weighted by Gasteiger charge is 2.55. The number of aliphatic hydroxyl groups excluding tert-OH is 2. The molecule has 6 nitrogen and oxygen atoms in total. The minimum Gasteiger partial charge on any atom is -0.393 e. The first kappa shape index (κ1) is 24.4. The van der Waals surface area contributed by atoms with E-state index in [1.807, 2.05) is 6.92 Å². The van der Waals surface area contributed by atoms with Gasteiger partial charge in [-0.1, -0.05) is 38.1 Å². The zero-order chi connectivity index (χ0) is 24.8.